The second kappa shape index (κ2) is 1.89. The summed E-state index contributed by atoms with van der Waals surface area (Å²) in [6.07, 6.45) is 2.65. The first-order valence-corrected chi connectivity index (χ1v) is 8.80. The predicted octanol–water partition coefficient (Wildman–Crippen LogP) is 2.22. The quantitative estimate of drug-likeness (QED) is 0.650. The molecule has 1 N–H and O–H groups in total. The summed E-state index contributed by atoms with van der Waals surface area (Å²) >= 11 is -0.639. The van der Waals surface area contributed by atoms with Gasteiger partial charge in [0.25, 0.3) is 0 Å². The first-order chi connectivity index (χ1) is 5.87. The van der Waals surface area contributed by atoms with E-state index in [4.69, 9.17) is 0 Å². The molecule has 1 unspecified atom stereocenters. The van der Waals surface area contributed by atoms with E-state index < -0.39 is 13.9 Å². The van der Waals surface area contributed by atoms with Gasteiger partial charge in [0.2, 0.25) is 0 Å². The van der Waals surface area contributed by atoms with Gasteiger partial charge >= 0.3 is 84.5 Å². The van der Waals surface area contributed by atoms with Crippen LogP contribution in [-0.2, 0) is 0 Å². The summed E-state index contributed by atoms with van der Waals surface area (Å²) in [6.45, 7) is 7.11. The van der Waals surface area contributed by atoms with Crippen LogP contribution in [0.3, 0.4) is 0 Å². The van der Waals surface area contributed by atoms with E-state index >= 15 is 0 Å². The van der Waals surface area contributed by atoms with Crippen molar-refractivity contribution < 1.29 is 5.11 Å². The minimum atomic E-state index is -0.639. The standard InChI is InChI=1S/C11H19OSe/c1-9(2)7-5-6-10(9,3)11(12)8(7)13(11)4/h7-8,12H,5-6H2,1-4H3/t7-,8?,10+,11-/m0/s1. The summed E-state index contributed by atoms with van der Waals surface area (Å²) in [5.41, 5.74) is 0.664. The molecule has 2 bridgehead atoms. The first kappa shape index (κ1) is 8.76. The molecule has 1 aliphatic heterocycles. The summed E-state index contributed by atoms with van der Waals surface area (Å²) in [4.78, 5) is 0.751. The summed E-state index contributed by atoms with van der Waals surface area (Å²) < 4.78 is -0.167. The van der Waals surface area contributed by atoms with E-state index in [0.29, 0.717) is 5.41 Å². The molecule has 1 nitrogen and oxygen atoms in total. The van der Waals surface area contributed by atoms with E-state index in [-0.39, 0.29) is 9.91 Å². The van der Waals surface area contributed by atoms with Crippen molar-refractivity contribution in [2.75, 3.05) is 0 Å². The molecule has 75 valence electrons. The summed E-state index contributed by atoms with van der Waals surface area (Å²) in [7, 11) is 0. The average Bonchev–Trinajstić information content (AvgIpc) is 2.45. The zero-order valence-electron chi connectivity index (χ0n) is 8.92. The fraction of sp³-hybridized carbons (Fsp3) is 1.00. The van der Waals surface area contributed by atoms with E-state index in [9.17, 15) is 5.11 Å². The van der Waals surface area contributed by atoms with E-state index in [1.165, 1.54) is 12.8 Å². The molecule has 1 heterocycles. The maximum absolute atomic E-state index is 10.7. The van der Waals surface area contributed by atoms with Crippen molar-refractivity contribution in [1.82, 2.24) is 0 Å². The van der Waals surface area contributed by atoms with Gasteiger partial charge in [-0.1, -0.05) is 0 Å². The Kier molecular flexibility index (Phi) is 1.28. The van der Waals surface area contributed by atoms with Gasteiger partial charge in [0.05, 0.1) is 0 Å². The van der Waals surface area contributed by atoms with Crippen LogP contribution in [-0.4, -0.2) is 23.5 Å². The van der Waals surface area contributed by atoms with E-state index in [1.807, 2.05) is 0 Å². The summed E-state index contributed by atoms with van der Waals surface area (Å²) in [5, 5.41) is 10.7. The second-order valence-electron chi connectivity index (χ2n) is 5.87. The van der Waals surface area contributed by atoms with Crippen LogP contribution in [0.2, 0.25) is 10.6 Å². The fourth-order valence-electron chi connectivity index (χ4n) is 4.28. The third-order valence-corrected chi connectivity index (χ3v) is 11.7. The van der Waals surface area contributed by atoms with Gasteiger partial charge in [0.1, 0.15) is 0 Å². The molecule has 13 heavy (non-hydrogen) atoms. The van der Waals surface area contributed by atoms with Crippen molar-refractivity contribution in [1.29, 1.82) is 0 Å². The monoisotopic (exact) mass is 247 g/mol. The number of fused-ring (bicyclic) bond motifs is 5. The molecule has 1 radical (unpaired) electrons. The van der Waals surface area contributed by atoms with Crippen LogP contribution in [0, 0.1) is 16.7 Å². The van der Waals surface area contributed by atoms with Gasteiger partial charge in [-0.05, 0) is 0 Å². The summed E-state index contributed by atoms with van der Waals surface area (Å²) in [6, 6.07) is 0. The van der Waals surface area contributed by atoms with Gasteiger partial charge < -0.3 is 0 Å². The van der Waals surface area contributed by atoms with Gasteiger partial charge in [-0.2, -0.15) is 0 Å². The molecule has 0 aromatic carbocycles. The number of rotatable bonds is 0. The van der Waals surface area contributed by atoms with E-state index in [0.717, 1.165) is 10.7 Å². The molecular weight excluding hydrogens is 227 g/mol. The first-order valence-electron chi connectivity index (χ1n) is 5.24. The normalized spacial score (nSPS) is 62.5. The molecule has 0 spiro atoms. The van der Waals surface area contributed by atoms with Crippen LogP contribution in [0.15, 0.2) is 0 Å². The summed E-state index contributed by atoms with van der Waals surface area (Å²) in [5.74, 6) is 3.20. The molecule has 4 atom stereocenters. The van der Waals surface area contributed by atoms with Crippen molar-refractivity contribution in [2.24, 2.45) is 16.7 Å². The van der Waals surface area contributed by atoms with E-state index in [2.05, 4.69) is 26.6 Å². The third kappa shape index (κ3) is 0.583. The van der Waals surface area contributed by atoms with Crippen LogP contribution in [0.25, 0.3) is 0 Å². The van der Waals surface area contributed by atoms with Gasteiger partial charge in [0.15, 0.2) is 0 Å². The Bertz CT molecular complexity index is 288. The molecule has 3 aliphatic rings. The minimum absolute atomic E-state index is 0.167. The molecular formula is C11H19OSe. The van der Waals surface area contributed by atoms with Crippen molar-refractivity contribution >= 4 is 13.9 Å². The van der Waals surface area contributed by atoms with Crippen molar-refractivity contribution in [2.45, 2.75) is 48.8 Å². The van der Waals surface area contributed by atoms with Crippen LogP contribution >= 0.6 is 0 Å². The van der Waals surface area contributed by atoms with Crippen LogP contribution in [0.5, 0.6) is 0 Å². The third-order valence-electron chi connectivity index (χ3n) is 5.66. The van der Waals surface area contributed by atoms with Gasteiger partial charge in [0, 0.05) is 0 Å². The zero-order chi connectivity index (χ0) is 9.65. The Balaban J connectivity index is 2.15. The topological polar surface area (TPSA) is 20.2 Å². The molecule has 2 saturated carbocycles. The van der Waals surface area contributed by atoms with Gasteiger partial charge in [-0.15, -0.1) is 0 Å². The molecule has 2 heteroatoms. The predicted molar refractivity (Wildman–Crippen MR) is 54.9 cm³/mol. The van der Waals surface area contributed by atoms with Crippen molar-refractivity contribution in [3.63, 3.8) is 0 Å². The van der Waals surface area contributed by atoms with Gasteiger partial charge in [-0.25, -0.2) is 0 Å². The Morgan fingerprint density at radius 3 is 2.31 bits per heavy atom. The molecule has 3 rings (SSSR count). The molecule has 2 aliphatic carbocycles. The van der Waals surface area contributed by atoms with Crippen molar-refractivity contribution in [3.8, 4) is 0 Å². The van der Waals surface area contributed by atoms with E-state index in [1.54, 1.807) is 0 Å². The van der Waals surface area contributed by atoms with Crippen LogP contribution in [0.4, 0.5) is 0 Å². The Labute approximate surface area is 84.8 Å². The zero-order valence-corrected chi connectivity index (χ0v) is 10.6. The van der Waals surface area contributed by atoms with Crippen LogP contribution < -0.4 is 0 Å². The molecule has 3 fully saturated rings. The van der Waals surface area contributed by atoms with Crippen LogP contribution in [0.1, 0.15) is 33.6 Å². The fourth-order valence-corrected chi connectivity index (χ4v) is 12.1. The SMILES string of the molecule is C[Se]1C2[C@@H]3CC[C@](C)(C3(C)C)[C@]21O. The second-order valence-corrected chi connectivity index (χ2v) is 10.6. The van der Waals surface area contributed by atoms with Crippen molar-refractivity contribution in [3.05, 3.63) is 0 Å². The molecule has 0 aromatic rings. The Hall–Kier alpha value is 0.479. The van der Waals surface area contributed by atoms with Gasteiger partial charge in [-0.3, -0.25) is 0 Å². The number of hydrogen-bond donors (Lipinski definition) is 1. The average molecular weight is 246 g/mol. The molecule has 0 amide bonds. The Morgan fingerprint density at radius 1 is 1.31 bits per heavy atom. The Morgan fingerprint density at radius 2 is 1.92 bits per heavy atom. The molecule has 0 aromatic heterocycles. The molecule has 1 saturated heterocycles. The maximum atomic E-state index is 10.7. The number of hydrogen-bond acceptors (Lipinski definition) is 1. The number of aliphatic hydroxyl groups is 1.